The van der Waals surface area contributed by atoms with E-state index in [0.29, 0.717) is 40.3 Å². The van der Waals surface area contributed by atoms with Crippen LogP contribution in [0.4, 0.5) is 15.9 Å². The van der Waals surface area contributed by atoms with Gasteiger partial charge in [0.1, 0.15) is 35.6 Å². The number of furan rings is 1. The van der Waals surface area contributed by atoms with Gasteiger partial charge in [0.15, 0.2) is 11.6 Å². The molecule has 0 spiro atoms. The van der Waals surface area contributed by atoms with Crippen molar-refractivity contribution in [2.45, 2.75) is 19.2 Å². The van der Waals surface area contributed by atoms with Crippen LogP contribution in [0.2, 0.25) is 5.02 Å². The lowest BCUT2D eigenvalue weighted by Gasteiger charge is -2.12. The van der Waals surface area contributed by atoms with E-state index in [4.69, 9.17) is 25.9 Å². The maximum atomic E-state index is 14.0. The van der Waals surface area contributed by atoms with E-state index in [0.717, 1.165) is 16.5 Å². The molecule has 10 heteroatoms. The molecule has 0 aliphatic rings. The smallest absolute Gasteiger partial charge is 0.165 e. The van der Waals surface area contributed by atoms with Gasteiger partial charge in [-0.25, -0.2) is 14.4 Å². The molecule has 1 atom stereocenters. The number of aliphatic hydroxyl groups is 2. The van der Waals surface area contributed by atoms with Gasteiger partial charge in [-0.15, -0.1) is 0 Å². The summed E-state index contributed by atoms with van der Waals surface area (Å²) in [5.41, 5.74) is 2.22. The molecule has 5 aromatic rings. The molecule has 3 aromatic carbocycles. The average molecular weight is 535 g/mol. The van der Waals surface area contributed by atoms with Crippen molar-refractivity contribution < 1.29 is 23.8 Å². The van der Waals surface area contributed by atoms with Gasteiger partial charge in [-0.05, 0) is 60.7 Å². The third kappa shape index (κ3) is 5.92. The molecular weight excluding hydrogens is 511 g/mol. The summed E-state index contributed by atoms with van der Waals surface area (Å²) in [4.78, 5) is 8.76. The Balaban J connectivity index is 1.35. The van der Waals surface area contributed by atoms with E-state index in [9.17, 15) is 9.50 Å². The van der Waals surface area contributed by atoms with Gasteiger partial charge >= 0.3 is 0 Å². The SMILES string of the molecule is OCCC(O)NCc1ccc(-c2ccc3ncnc(Nc4ccc(Oc5ccccc5F)c(Cl)c4)c3c2)o1. The second-order valence-corrected chi connectivity index (χ2v) is 8.84. The normalized spacial score (nSPS) is 12.0. The first-order valence-corrected chi connectivity index (χ1v) is 12.2. The largest absolute Gasteiger partial charge is 0.460 e. The molecule has 0 aliphatic carbocycles. The molecular formula is C28H24ClFN4O4. The standard InChI is InChI=1S/C28H24ClFN4O4/c29-21-14-18(6-9-25(21)38-26-4-2-1-3-22(26)30)34-28-20-13-17(5-8-23(20)32-16-33-28)24-10-7-19(37-24)15-31-27(36)11-12-35/h1-10,13-14,16,27,31,35-36H,11-12,15H2,(H,32,33,34). The highest BCUT2D eigenvalue weighted by molar-refractivity contribution is 6.32. The number of ether oxygens (including phenoxy) is 1. The highest BCUT2D eigenvalue weighted by Gasteiger charge is 2.12. The predicted molar refractivity (Wildman–Crippen MR) is 143 cm³/mol. The number of fused-ring (bicyclic) bond motifs is 1. The van der Waals surface area contributed by atoms with Gasteiger partial charge in [-0.1, -0.05) is 23.7 Å². The summed E-state index contributed by atoms with van der Waals surface area (Å²) in [7, 11) is 0. The molecule has 5 rings (SSSR count). The van der Waals surface area contributed by atoms with Crippen molar-refractivity contribution in [3.8, 4) is 22.8 Å². The highest BCUT2D eigenvalue weighted by Crippen LogP contribution is 2.35. The molecule has 0 saturated carbocycles. The molecule has 1 unspecified atom stereocenters. The number of aromatic nitrogens is 2. The van der Waals surface area contributed by atoms with Crippen molar-refractivity contribution in [3.05, 3.63) is 95.7 Å². The summed E-state index contributed by atoms with van der Waals surface area (Å²) in [5, 5.41) is 25.9. The Morgan fingerprint density at radius 1 is 1.00 bits per heavy atom. The minimum Gasteiger partial charge on any atom is -0.460 e. The molecule has 0 bridgehead atoms. The first-order valence-electron chi connectivity index (χ1n) is 11.9. The van der Waals surface area contributed by atoms with Gasteiger partial charge in [-0.3, -0.25) is 5.32 Å². The van der Waals surface area contributed by atoms with E-state index in [1.54, 1.807) is 30.3 Å². The summed E-state index contributed by atoms with van der Waals surface area (Å²) in [6.07, 6.45) is 0.893. The van der Waals surface area contributed by atoms with Crippen LogP contribution in [0.1, 0.15) is 12.2 Å². The maximum Gasteiger partial charge on any atom is 0.165 e. The Hall–Kier alpha value is -4.02. The zero-order valence-electron chi connectivity index (χ0n) is 20.1. The Bertz CT molecular complexity index is 1560. The second-order valence-electron chi connectivity index (χ2n) is 8.43. The first-order chi connectivity index (χ1) is 18.5. The third-order valence-corrected chi connectivity index (χ3v) is 6.04. The number of halogens is 2. The van der Waals surface area contributed by atoms with E-state index >= 15 is 0 Å². The number of para-hydroxylation sites is 1. The van der Waals surface area contributed by atoms with Crippen LogP contribution in [0.25, 0.3) is 22.2 Å². The minimum atomic E-state index is -0.811. The number of nitrogens with zero attached hydrogens (tertiary/aromatic N) is 2. The molecule has 38 heavy (non-hydrogen) atoms. The lowest BCUT2D eigenvalue weighted by molar-refractivity contribution is 0.0991. The summed E-state index contributed by atoms with van der Waals surface area (Å²) in [6, 6.07) is 20.6. The summed E-state index contributed by atoms with van der Waals surface area (Å²) < 4.78 is 25.5. The van der Waals surface area contributed by atoms with Crippen LogP contribution in [-0.2, 0) is 6.54 Å². The van der Waals surface area contributed by atoms with Gasteiger partial charge in [0.25, 0.3) is 0 Å². The fraction of sp³-hybridized carbons (Fsp3) is 0.143. The molecule has 0 saturated heterocycles. The number of rotatable bonds is 10. The summed E-state index contributed by atoms with van der Waals surface area (Å²) in [6.45, 7) is 0.215. The number of aliphatic hydroxyl groups excluding tert-OH is 2. The molecule has 4 N–H and O–H groups in total. The van der Waals surface area contributed by atoms with E-state index in [-0.39, 0.29) is 18.8 Å². The quantitative estimate of drug-likeness (QED) is 0.161. The predicted octanol–water partition coefficient (Wildman–Crippen LogP) is 6.01. The minimum absolute atomic E-state index is 0.0858. The van der Waals surface area contributed by atoms with E-state index < -0.39 is 12.0 Å². The number of benzene rings is 3. The van der Waals surface area contributed by atoms with Crippen molar-refractivity contribution >= 4 is 34.0 Å². The van der Waals surface area contributed by atoms with Gasteiger partial charge in [-0.2, -0.15) is 0 Å². The van der Waals surface area contributed by atoms with Crippen molar-refractivity contribution in [3.63, 3.8) is 0 Å². The zero-order valence-corrected chi connectivity index (χ0v) is 20.8. The van der Waals surface area contributed by atoms with Gasteiger partial charge in [0.2, 0.25) is 0 Å². The average Bonchev–Trinajstić information content (AvgIpc) is 3.40. The third-order valence-electron chi connectivity index (χ3n) is 5.75. The van der Waals surface area contributed by atoms with Crippen LogP contribution in [0, 0.1) is 5.82 Å². The van der Waals surface area contributed by atoms with Gasteiger partial charge < -0.3 is 24.7 Å². The maximum absolute atomic E-state index is 14.0. The number of hydrogen-bond donors (Lipinski definition) is 4. The molecule has 0 amide bonds. The van der Waals surface area contributed by atoms with Gasteiger partial charge in [0.05, 0.1) is 17.1 Å². The van der Waals surface area contributed by atoms with Crippen molar-refractivity contribution in [2.24, 2.45) is 0 Å². The number of anilines is 2. The van der Waals surface area contributed by atoms with Crippen LogP contribution in [0.3, 0.4) is 0 Å². The Morgan fingerprint density at radius 2 is 1.87 bits per heavy atom. The molecule has 2 aromatic heterocycles. The van der Waals surface area contributed by atoms with Gasteiger partial charge in [0, 0.05) is 29.7 Å². The lowest BCUT2D eigenvalue weighted by atomic mass is 10.1. The molecule has 0 radical (unpaired) electrons. The van der Waals surface area contributed by atoms with Crippen LogP contribution in [0.5, 0.6) is 11.5 Å². The summed E-state index contributed by atoms with van der Waals surface area (Å²) >= 11 is 6.42. The monoisotopic (exact) mass is 534 g/mol. The van der Waals surface area contributed by atoms with E-state index in [2.05, 4.69) is 20.6 Å². The van der Waals surface area contributed by atoms with Crippen molar-refractivity contribution in [1.82, 2.24) is 15.3 Å². The molecule has 8 nitrogen and oxygen atoms in total. The fourth-order valence-corrected chi connectivity index (χ4v) is 4.04. The molecule has 0 aliphatic heterocycles. The second kappa shape index (κ2) is 11.6. The van der Waals surface area contributed by atoms with E-state index in [1.807, 2.05) is 30.3 Å². The Morgan fingerprint density at radius 3 is 2.68 bits per heavy atom. The topological polar surface area (TPSA) is 113 Å². The first kappa shape index (κ1) is 25.6. The van der Waals surface area contributed by atoms with Crippen LogP contribution in [0.15, 0.2) is 83.5 Å². The van der Waals surface area contributed by atoms with Crippen LogP contribution >= 0.6 is 11.6 Å². The van der Waals surface area contributed by atoms with Crippen LogP contribution < -0.4 is 15.4 Å². The molecule has 2 heterocycles. The molecule has 0 fully saturated rings. The van der Waals surface area contributed by atoms with Crippen molar-refractivity contribution in [1.29, 1.82) is 0 Å². The fourth-order valence-electron chi connectivity index (χ4n) is 3.82. The number of hydrogen-bond acceptors (Lipinski definition) is 8. The van der Waals surface area contributed by atoms with Crippen LogP contribution in [-0.4, -0.2) is 33.0 Å². The Labute approximate surface area is 222 Å². The van der Waals surface area contributed by atoms with E-state index in [1.165, 1.54) is 18.5 Å². The Kier molecular flexibility index (Phi) is 7.81. The summed E-state index contributed by atoms with van der Waals surface area (Å²) in [5.74, 6) is 1.79. The highest BCUT2D eigenvalue weighted by atomic mass is 35.5. The molecule has 194 valence electrons. The zero-order chi connectivity index (χ0) is 26.5. The number of nitrogens with one attached hydrogen (secondary N) is 2. The lowest BCUT2D eigenvalue weighted by Crippen LogP contribution is -2.28. The van der Waals surface area contributed by atoms with Crippen molar-refractivity contribution in [2.75, 3.05) is 11.9 Å².